The second kappa shape index (κ2) is 11.2. The van der Waals surface area contributed by atoms with Crippen LogP contribution in [0.25, 0.3) is 0 Å². The number of hydrogen-bond acceptors (Lipinski definition) is 4. The van der Waals surface area contributed by atoms with Gasteiger partial charge < -0.3 is 10.6 Å². The fraction of sp³-hybridized carbons (Fsp3) is 0.750. The summed E-state index contributed by atoms with van der Waals surface area (Å²) in [6.45, 7) is 8.48. The quantitative estimate of drug-likeness (QED) is 0.788. The van der Waals surface area contributed by atoms with E-state index in [2.05, 4.69) is 34.8 Å². The van der Waals surface area contributed by atoms with Crippen molar-refractivity contribution in [1.29, 1.82) is 0 Å². The van der Waals surface area contributed by atoms with Crippen LogP contribution < -0.4 is 10.6 Å². The molecule has 7 heteroatoms. The monoisotopic (exact) mass is 381 g/mol. The second-order valence-corrected chi connectivity index (χ2v) is 7.04. The number of aromatic nitrogens is 1. The molecule has 0 aliphatic carbocycles. The Labute approximate surface area is 156 Å². The van der Waals surface area contributed by atoms with Gasteiger partial charge in [-0.15, -0.1) is 36.2 Å². The van der Waals surface area contributed by atoms with E-state index >= 15 is 0 Å². The number of nitrogens with zero attached hydrogens (tertiary/aromatic N) is 1. The number of nitrogens with one attached hydrogen (secondary N) is 2. The molecule has 3 atom stereocenters. The molecule has 1 aliphatic heterocycles. The normalized spacial score (nSPS) is 19.9. The summed E-state index contributed by atoms with van der Waals surface area (Å²) in [6, 6.07) is 0.00531. The molecule has 0 saturated carbocycles. The Hall–Kier alpha value is -0.360. The zero-order valence-corrected chi connectivity index (χ0v) is 16.6. The number of rotatable bonds is 6. The number of aryl methyl sites for hydroxylation is 1. The van der Waals surface area contributed by atoms with Crippen molar-refractivity contribution >= 4 is 42.1 Å². The van der Waals surface area contributed by atoms with Gasteiger partial charge in [0.15, 0.2) is 0 Å². The standard InChI is InChI=1S/C16H27N3OS.2ClH/c1-4-16-19-14(10-21-16)12(3)18-15(20)8-11(2)13-6-5-7-17-9-13;;/h10-13,17H,4-9H2,1-3H3,(H,18,20);2*1H. The second-order valence-electron chi connectivity index (χ2n) is 6.10. The summed E-state index contributed by atoms with van der Waals surface area (Å²) in [4.78, 5) is 16.7. The molecule has 2 N–H and O–H groups in total. The fourth-order valence-corrected chi connectivity index (χ4v) is 3.72. The van der Waals surface area contributed by atoms with Crippen LogP contribution in [0.3, 0.4) is 0 Å². The minimum atomic E-state index is 0. The lowest BCUT2D eigenvalue weighted by Gasteiger charge is -2.28. The van der Waals surface area contributed by atoms with Gasteiger partial charge in [0.05, 0.1) is 16.7 Å². The number of amides is 1. The maximum Gasteiger partial charge on any atom is 0.220 e. The number of carbonyl (C=O) groups is 1. The van der Waals surface area contributed by atoms with Gasteiger partial charge >= 0.3 is 0 Å². The minimum absolute atomic E-state index is 0. The van der Waals surface area contributed by atoms with Crippen LogP contribution in [-0.4, -0.2) is 24.0 Å². The molecule has 1 aromatic heterocycles. The zero-order chi connectivity index (χ0) is 15.2. The van der Waals surface area contributed by atoms with Crippen LogP contribution in [0.2, 0.25) is 0 Å². The van der Waals surface area contributed by atoms with E-state index in [0.29, 0.717) is 18.3 Å². The van der Waals surface area contributed by atoms with Crippen LogP contribution in [0.4, 0.5) is 0 Å². The maximum absolute atomic E-state index is 12.2. The third kappa shape index (κ3) is 6.96. The maximum atomic E-state index is 12.2. The van der Waals surface area contributed by atoms with Crippen molar-refractivity contribution in [3.63, 3.8) is 0 Å². The number of piperidine rings is 1. The Morgan fingerprint density at radius 2 is 2.22 bits per heavy atom. The van der Waals surface area contributed by atoms with Crippen LogP contribution in [-0.2, 0) is 11.2 Å². The first-order valence-corrected chi connectivity index (χ1v) is 8.92. The smallest absolute Gasteiger partial charge is 0.220 e. The molecule has 1 fully saturated rings. The molecule has 0 spiro atoms. The van der Waals surface area contributed by atoms with E-state index in [1.165, 1.54) is 12.8 Å². The van der Waals surface area contributed by atoms with Crippen LogP contribution >= 0.6 is 36.2 Å². The van der Waals surface area contributed by atoms with Crippen LogP contribution in [0, 0.1) is 11.8 Å². The van der Waals surface area contributed by atoms with Gasteiger partial charge in [-0.1, -0.05) is 13.8 Å². The zero-order valence-electron chi connectivity index (χ0n) is 14.1. The highest BCUT2D eigenvalue weighted by molar-refractivity contribution is 7.09. The van der Waals surface area contributed by atoms with E-state index < -0.39 is 0 Å². The average Bonchev–Trinajstić information content (AvgIpc) is 2.97. The Kier molecular flexibility index (Phi) is 11.1. The first kappa shape index (κ1) is 22.6. The van der Waals surface area contributed by atoms with Gasteiger partial charge in [0, 0.05) is 11.8 Å². The Bertz CT molecular complexity index is 464. The van der Waals surface area contributed by atoms with Crippen molar-refractivity contribution < 1.29 is 4.79 Å². The van der Waals surface area contributed by atoms with Crippen molar-refractivity contribution in [3.8, 4) is 0 Å². The van der Waals surface area contributed by atoms with E-state index in [1.54, 1.807) is 11.3 Å². The summed E-state index contributed by atoms with van der Waals surface area (Å²) in [6.07, 6.45) is 4.03. The molecule has 3 unspecified atom stereocenters. The average molecular weight is 382 g/mol. The lowest BCUT2D eigenvalue weighted by Crippen LogP contribution is -2.36. The molecule has 0 radical (unpaired) electrons. The van der Waals surface area contributed by atoms with E-state index in [4.69, 9.17) is 0 Å². The Morgan fingerprint density at radius 1 is 1.48 bits per heavy atom. The molecule has 2 heterocycles. The SMILES string of the molecule is CCc1nc(C(C)NC(=O)CC(C)C2CCCNC2)cs1.Cl.Cl. The Balaban J connectivity index is 0.00000242. The number of carbonyl (C=O) groups excluding carboxylic acids is 1. The van der Waals surface area contributed by atoms with Crippen molar-refractivity contribution in [3.05, 3.63) is 16.1 Å². The van der Waals surface area contributed by atoms with E-state index in [1.807, 2.05) is 6.92 Å². The van der Waals surface area contributed by atoms with Gasteiger partial charge in [-0.2, -0.15) is 0 Å². The fourth-order valence-electron chi connectivity index (χ4n) is 2.88. The highest BCUT2D eigenvalue weighted by Gasteiger charge is 2.23. The van der Waals surface area contributed by atoms with E-state index in [-0.39, 0.29) is 36.8 Å². The van der Waals surface area contributed by atoms with Gasteiger partial charge in [-0.25, -0.2) is 4.98 Å². The van der Waals surface area contributed by atoms with Gasteiger partial charge in [-0.3, -0.25) is 4.79 Å². The largest absolute Gasteiger partial charge is 0.348 e. The predicted molar refractivity (Wildman–Crippen MR) is 102 cm³/mol. The summed E-state index contributed by atoms with van der Waals surface area (Å²) in [5, 5.41) is 9.70. The summed E-state index contributed by atoms with van der Waals surface area (Å²) in [5.74, 6) is 1.21. The summed E-state index contributed by atoms with van der Waals surface area (Å²) >= 11 is 1.67. The van der Waals surface area contributed by atoms with Crippen molar-refractivity contribution in [2.75, 3.05) is 13.1 Å². The summed E-state index contributed by atoms with van der Waals surface area (Å²) < 4.78 is 0. The minimum Gasteiger partial charge on any atom is -0.348 e. The number of halogens is 2. The number of thiazole rings is 1. The molecule has 1 aromatic rings. The molecule has 1 saturated heterocycles. The summed E-state index contributed by atoms with van der Waals surface area (Å²) in [5.41, 5.74) is 0.984. The van der Waals surface area contributed by atoms with Gasteiger partial charge in [0.25, 0.3) is 0 Å². The molecule has 1 amide bonds. The van der Waals surface area contributed by atoms with Crippen LogP contribution in [0.15, 0.2) is 5.38 Å². The molecule has 0 aromatic carbocycles. The van der Waals surface area contributed by atoms with Crippen LogP contribution in [0.5, 0.6) is 0 Å². The van der Waals surface area contributed by atoms with Crippen molar-refractivity contribution in [2.24, 2.45) is 11.8 Å². The lowest BCUT2D eigenvalue weighted by molar-refractivity contribution is -0.123. The number of hydrogen-bond donors (Lipinski definition) is 2. The van der Waals surface area contributed by atoms with Crippen molar-refractivity contribution in [2.45, 2.75) is 52.5 Å². The molecule has 4 nitrogen and oxygen atoms in total. The molecular weight excluding hydrogens is 353 g/mol. The van der Waals surface area contributed by atoms with Gasteiger partial charge in [-0.05, 0) is 51.1 Å². The highest BCUT2D eigenvalue weighted by atomic mass is 35.5. The predicted octanol–water partition coefficient (Wildman–Crippen LogP) is 3.75. The molecule has 1 aliphatic rings. The van der Waals surface area contributed by atoms with E-state index in [9.17, 15) is 4.79 Å². The van der Waals surface area contributed by atoms with Crippen molar-refractivity contribution in [1.82, 2.24) is 15.6 Å². The topological polar surface area (TPSA) is 54.0 Å². The third-order valence-electron chi connectivity index (χ3n) is 4.34. The summed E-state index contributed by atoms with van der Waals surface area (Å²) in [7, 11) is 0. The molecular formula is C16H29Cl2N3OS. The molecule has 0 bridgehead atoms. The lowest BCUT2D eigenvalue weighted by atomic mass is 9.85. The third-order valence-corrected chi connectivity index (χ3v) is 5.35. The first-order chi connectivity index (χ1) is 10.1. The van der Waals surface area contributed by atoms with Crippen LogP contribution in [0.1, 0.15) is 56.8 Å². The molecule has 134 valence electrons. The van der Waals surface area contributed by atoms with E-state index in [0.717, 1.165) is 30.2 Å². The highest BCUT2D eigenvalue weighted by Crippen LogP contribution is 2.23. The molecule has 23 heavy (non-hydrogen) atoms. The van der Waals surface area contributed by atoms with Gasteiger partial charge in [0.1, 0.15) is 0 Å². The Morgan fingerprint density at radius 3 is 2.78 bits per heavy atom. The van der Waals surface area contributed by atoms with Gasteiger partial charge in [0.2, 0.25) is 5.91 Å². The first-order valence-electron chi connectivity index (χ1n) is 8.04. The molecule has 2 rings (SSSR count).